The van der Waals surface area contributed by atoms with Crippen LogP contribution in [0.3, 0.4) is 0 Å². The van der Waals surface area contributed by atoms with E-state index in [1.165, 1.54) is 0 Å². The first-order chi connectivity index (χ1) is 7.00. The van der Waals surface area contributed by atoms with Crippen LogP contribution in [0.2, 0.25) is 5.15 Å². The molecule has 15 heavy (non-hydrogen) atoms. The van der Waals surface area contributed by atoms with E-state index in [9.17, 15) is 0 Å². The van der Waals surface area contributed by atoms with E-state index in [1.54, 1.807) is 0 Å². The number of aromatic nitrogens is 3. The Balaban J connectivity index is 2.86. The maximum Gasteiger partial charge on any atom is 0.145 e. The Morgan fingerprint density at radius 3 is 2.53 bits per heavy atom. The number of nitrogens with zero attached hydrogens (tertiary/aromatic N) is 3. The molecule has 0 atom stereocenters. The van der Waals surface area contributed by atoms with Gasteiger partial charge in [0.2, 0.25) is 0 Å². The van der Waals surface area contributed by atoms with E-state index in [-0.39, 0.29) is 0 Å². The second-order valence-corrected chi connectivity index (χ2v) is 4.41. The maximum atomic E-state index is 6.18. The molecule has 0 aliphatic carbocycles. The van der Waals surface area contributed by atoms with Crippen molar-refractivity contribution in [3.63, 3.8) is 0 Å². The lowest BCUT2D eigenvalue weighted by Crippen LogP contribution is -2.03. The summed E-state index contributed by atoms with van der Waals surface area (Å²) in [6.45, 7) is 8.08. The average Bonchev–Trinajstić information content (AvgIpc) is 2.41. The van der Waals surface area contributed by atoms with Gasteiger partial charge in [-0.15, -0.1) is 0 Å². The van der Waals surface area contributed by atoms with Crippen molar-refractivity contribution < 1.29 is 0 Å². The molecule has 0 aliphatic rings. The summed E-state index contributed by atoms with van der Waals surface area (Å²) in [6.07, 6.45) is 0. The van der Waals surface area contributed by atoms with Crippen molar-refractivity contribution >= 4 is 22.6 Å². The predicted molar refractivity (Wildman–Crippen MR) is 62.4 cm³/mol. The Kier molecular flexibility index (Phi) is 2.43. The highest BCUT2D eigenvalue weighted by Gasteiger charge is 2.13. The van der Waals surface area contributed by atoms with E-state index < -0.39 is 0 Å². The van der Waals surface area contributed by atoms with Crippen molar-refractivity contribution in [2.24, 2.45) is 0 Å². The van der Waals surface area contributed by atoms with Gasteiger partial charge >= 0.3 is 0 Å². The topological polar surface area (TPSA) is 30.7 Å². The van der Waals surface area contributed by atoms with E-state index >= 15 is 0 Å². The highest BCUT2D eigenvalue weighted by Crippen LogP contribution is 2.27. The van der Waals surface area contributed by atoms with E-state index in [4.69, 9.17) is 11.6 Å². The predicted octanol–water partition coefficient (Wildman–Crippen LogP) is 3.28. The summed E-state index contributed by atoms with van der Waals surface area (Å²) in [6, 6.07) is 2.25. The van der Waals surface area contributed by atoms with Gasteiger partial charge < -0.3 is 4.57 Å². The molecule has 2 aromatic heterocycles. The summed E-state index contributed by atoms with van der Waals surface area (Å²) < 4.78 is 2.03. The minimum absolute atomic E-state index is 0.309. The molecule has 0 aliphatic heterocycles. The van der Waals surface area contributed by atoms with Gasteiger partial charge in [0.05, 0.1) is 5.69 Å². The third kappa shape index (κ3) is 1.61. The Labute approximate surface area is 94.1 Å². The molecule has 3 nitrogen and oxygen atoms in total. The molecule has 80 valence electrons. The van der Waals surface area contributed by atoms with Crippen LogP contribution in [0.1, 0.15) is 31.4 Å². The van der Waals surface area contributed by atoms with Gasteiger partial charge in [0.25, 0.3) is 0 Å². The van der Waals surface area contributed by atoms with Crippen molar-refractivity contribution in [3.8, 4) is 0 Å². The standard InChI is InChI=1S/C11H14ClN3/c1-6(2)15-10(12)5-9-7(3)13-8(4)14-11(9)15/h5-6H,1-4H3. The fourth-order valence-electron chi connectivity index (χ4n) is 1.84. The van der Waals surface area contributed by atoms with E-state index in [0.29, 0.717) is 6.04 Å². The molecule has 0 radical (unpaired) electrons. The van der Waals surface area contributed by atoms with Crippen LogP contribution in [0.25, 0.3) is 11.0 Å². The molecule has 0 saturated carbocycles. The van der Waals surface area contributed by atoms with Gasteiger partial charge in [-0.3, -0.25) is 0 Å². The van der Waals surface area contributed by atoms with Gasteiger partial charge in [-0.1, -0.05) is 11.6 Å². The first-order valence-electron chi connectivity index (χ1n) is 5.02. The third-order valence-electron chi connectivity index (χ3n) is 2.47. The van der Waals surface area contributed by atoms with Crippen molar-refractivity contribution in [2.75, 3.05) is 0 Å². The Morgan fingerprint density at radius 1 is 1.27 bits per heavy atom. The number of aryl methyl sites for hydroxylation is 2. The Bertz CT molecular complexity index is 514. The smallest absolute Gasteiger partial charge is 0.145 e. The molecular weight excluding hydrogens is 210 g/mol. The molecule has 0 bridgehead atoms. The van der Waals surface area contributed by atoms with Crippen molar-refractivity contribution in [1.82, 2.24) is 14.5 Å². The number of hydrogen-bond donors (Lipinski definition) is 0. The van der Waals surface area contributed by atoms with Gasteiger partial charge in [-0.05, 0) is 33.8 Å². The molecule has 0 aromatic carbocycles. The molecule has 0 saturated heterocycles. The molecule has 2 aromatic rings. The van der Waals surface area contributed by atoms with E-state index in [1.807, 2.05) is 24.5 Å². The Morgan fingerprint density at radius 2 is 1.93 bits per heavy atom. The molecule has 2 rings (SSSR count). The molecular formula is C11H14ClN3. The zero-order valence-corrected chi connectivity index (χ0v) is 10.1. The minimum atomic E-state index is 0.309. The number of fused-ring (bicyclic) bond motifs is 1. The monoisotopic (exact) mass is 223 g/mol. The lowest BCUT2D eigenvalue weighted by molar-refractivity contribution is 0.617. The summed E-state index contributed by atoms with van der Waals surface area (Å²) in [5.74, 6) is 0.789. The molecule has 0 N–H and O–H groups in total. The van der Waals surface area contributed by atoms with Crippen LogP contribution in [-0.2, 0) is 0 Å². The van der Waals surface area contributed by atoms with Crippen LogP contribution in [0.15, 0.2) is 6.07 Å². The fraction of sp³-hybridized carbons (Fsp3) is 0.455. The van der Waals surface area contributed by atoms with Gasteiger partial charge in [0, 0.05) is 11.4 Å². The van der Waals surface area contributed by atoms with Crippen LogP contribution in [0, 0.1) is 13.8 Å². The lowest BCUT2D eigenvalue weighted by Gasteiger charge is -2.10. The van der Waals surface area contributed by atoms with Crippen LogP contribution in [0.5, 0.6) is 0 Å². The molecule has 0 spiro atoms. The zero-order valence-electron chi connectivity index (χ0n) is 9.37. The summed E-state index contributed by atoms with van der Waals surface area (Å²) in [4.78, 5) is 8.78. The second-order valence-electron chi connectivity index (χ2n) is 4.02. The quantitative estimate of drug-likeness (QED) is 0.743. The second kappa shape index (κ2) is 3.49. The van der Waals surface area contributed by atoms with Crippen LogP contribution < -0.4 is 0 Å². The third-order valence-corrected chi connectivity index (χ3v) is 2.76. The first-order valence-corrected chi connectivity index (χ1v) is 5.40. The highest BCUT2D eigenvalue weighted by molar-refractivity contribution is 6.30. The van der Waals surface area contributed by atoms with E-state index in [0.717, 1.165) is 27.7 Å². The van der Waals surface area contributed by atoms with Gasteiger partial charge in [0.1, 0.15) is 16.6 Å². The Hall–Kier alpha value is -1.09. The van der Waals surface area contributed by atoms with Crippen molar-refractivity contribution in [1.29, 1.82) is 0 Å². The van der Waals surface area contributed by atoms with Gasteiger partial charge in [0.15, 0.2) is 0 Å². The van der Waals surface area contributed by atoms with Crippen LogP contribution in [0.4, 0.5) is 0 Å². The van der Waals surface area contributed by atoms with E-state index in [2.05, 4.69) is 23.8 Å². The molecule has 0 unspecified atom stereocenters. The van der Waals surface area contributed by atoms with Crippen molar-refractivity contribution in [3.05, 3.63) is 22.7 Å². The highest BCUT2D eigenvalue weighted by atomic mass is 35.5. The van der Waals surface area contributed by atoms with Crippen LogP contribution in [-0.4, -0.2) is 14.5 Å². The fourth-order valence-corrected chi connectivity index (χ4v) is 2.22. The summed E-state index contributed by atoms with van der Waals surface area (Å²) in [7, 11) is 0. The molecule has 0 amide bonds. The summed E-state index contributed by atoms with van der Waals surface area (Å²) >= 11 is 6.18. The number of rotatable bonds is 1. The summed E-state index contributed by atoms with van der Waals surface area (Å²) in [5.41, 5.74) is 1.92. The maximum absolute atomic E-state index is 6.18. The normalized spacial score (nSPS) is 11.6. The SMILES string of the molecule is Cc1nc(C)c2cc(Cl)n(C(C)C)c2n1. The summed E-state index contributed by atoms with van der Waals surface area (Å²) in [5, 5.41) is 1.77. The largest absolute Gasteiger partial charge is 0.314 e. The molecule has 2 heterocycles. The van der Waals surface area contributed by atoms with Gasteiger partial charge in [-0.2, -0.15) is 0 Å². The zero-order chi connectivity index (χ0) is 11.2. The number of halogens is 1. The van der Waals surface area contributed by atoms with Crippen LogP contribution >= 0.6 is 11.6 Å². The molecule has 4 heteroatoms. The lowest BCUT2D eigenvalue weighted by atomic mass is 10.3. The number of hydrogen-bond acceptors (Lipinski definition) is 2. The average molecular weight is 224 g/mol. The minimum Gasteiger partial charge on any atom is -0.314 e. The first kappa shape index (κ1) is 10.4. The van der Waals surface area contributed by atoms with Gasteiger partial charge in [-0.25, -0.2) is 9.97 Å². The van der Waals surface area contributed by atoms with Crippen molar-refractivity contribution in [2.45, 2.75) is 33.7 Å². The molecule has 0 fully saturated rings.